The highest BCUT2D eigenvalue weighted by Crippen LogP contribution is 2.51. The van der Waals surface area contributed by atoms with E-state index in [1.54, 1.807) is 13.8 Å². The van der Waals surface area contributed by atoms with Gasteiger partial charge in [-0.2, -0.15) is 0 Å². The Morgan fingerprint density at radius 2 is 1.36 bits per heavy atom. The molecule has 0 atom stereocenters. The van der Waals surface area contributed by atoms with Crippen molar-refractivity contribution in [2.45, 2.75) is 48.0 Å². The van der Waals surface area contributed by atoms with Crippen LogP contribution in [0, 0.1) is 16.2 Å². The van der Waals surface area contributed by atoms with E-state index < -0.39 is 10.8 Å². The summed E-state index contributed by atoms with van der Waals surface area (Å²) in [7, 11) is 0. The van der Waals surface area contributed by atoms with E-state index in [0.29, 0.717) is 6.42 Å². The van der Waals surface area contributed by atoms with Crippen LogP contribution in [0.4, 0.5) is 0 Å². The fraction of sp³-hybridized carbons (Fsp3) is 0.833. The fourth-order valence-electron chi connectivity index (χ4n) is 2.06. The number of hydrogen-bond donors (Lipinski definition) is 0. The van der Waals surface area contributed by atoms with Crippen molar-refractivity contribution >= 4 is 11.6 Å². The largest absolute Gasteiger partial charge is 0.299 e. The van der Waals surface area contributed by atoms with E-state index in [2.05, 4.69) is 0 Å². The van der Waals surface area contributed by atoms with Crippen LogP contribution in [-0.2, 0) is 9.59 Å². The minimum Gasteiger partial charge on any atom is -0.299 e. The lowest BCUT2D eigenvalue weighted by atomic mass is 9.52. The van der Waals surface area contributed by atoms with Gasteiger partial charge < -0.3 is 0 Å². The lowest BCUT2D eigenvalue weighted by molar-refractivity contribution is -0.158. The maximum absolute atomic E-state index is 12.2. The Bertz CT molecular complexity index is 295. The molecule has 0 saturated heterocycles. The summed E-state index contributed by atoms with van der Waals surface area (Å²) in [5.74, 6) is 0.151. The normalized spacial score (nSPS) is 29.0. The Hall–Kier alpha value is -0.660. The zero-order chi connectivity index (χ0) is 11.4. The summed E-state index contributed by atoms with van der Waals surface area (Å²) >= 11 is 0. The maximum Gasteiger partial charge on any atom is 0.151 e. The third kappa shape index (κ3) is 1.23. The van der Waals surface area contributed by atoms with Crippen molar-refractivity contribution in [1.29, 1.82) is 0 Å². The van der Waals surface area contributed by atoms with Gasteiger partial charge in [-0.25, -0.2) is 0 Å². The first-order chi connectivity index (χ1) is 6.03. The van der Waals surface area contributed by atoms with E-state index in [9.17, 15) is 9.59 Å². The number of ketones is 2. The molecule has 0 aliphatic heterocycles. The Kier molecular flexibility index (Phi) is 2.18. The molecule has 0 radical (unpaired) electrons. The van der Waals surface area contributed by atoms with Gasteiger partial charge in [-0.1, -0.05) is 27.7 Å². The molecule has 0 aromatic carbocycles. The Morgan fingerprint density at radius 3 is 1.79 bits per heavy atom. The minimum absolute atomic E-state index is 0.0752. The first kappa shape index (κ1) is 11.4. The molecule has 80 valence electrons. The molecule has 0 aromatic heterocycles. The van der Waals surface area contributed by atoms with Gasteiger partial charge in [0, 0.05) is 11.8 Å². The molecule has 0 unspecified atom stereocenters. The number of carbonyl (C=O) groups excluding carboxylic acids is 2. The van der Waals surface area contributed by atoms with Gasteiger partial charge in [0.1, 0.15) is 5.78 Å². The standard InChI is InChI=1S/C12H20O2/c1-10(2)7-8(13)11(3,4)9(14)12(10,5)6/h7H2,1-6H3. The van der Waals surface area contributed by atoms with Crippen molar-refractivity contribution in [3.8, 4) is 0 Å². The number of carbonyl (C=O) groups is 2. The molecular formula is C12H20O2. The van der Waals surface area contributed by atoms with Gasteiger partial charge in [0.2, 0.25) is 0 Å². The van der Waals surface area contributed by atoms with Gasteiger partial charge in [0.25, 0.3) is 0 Å². The summed E-state index contributed by atoms with van der Waals surface area (Å²) < 4.78 is 0. The summed E-state index contributed by atoms with van der Waals surface area (Å²) in [4.78, 5) is 24.0. The molecule has 14 heavy (non-hydrogen) atoms. The Labute approximate surface area is 86.1 Å². The molecule has 1 aliphatic carbocycles. The number of hydrogen-bond acceptors (Lipinski definition) is 2. The molecule has 0 N–H and O–H groups in total. The van der Waals surface area contributed by atoms with Crippen LogP contribution in [0.25, 0.3) is 0 Å². The van der Waals surface area contributed by atoms with Crippen molar-refractivity contribution in [3.05, 3.63) is 0 Å². The van der Waals surface area contributed by atoms with Gasteiger partial charge in [-0.3, -0.25) is 9.59 Å². The molecule has 0 bridgehead atoms. The SMILES string of the molecule is CC1(C)C(=O)CC(C)(C)C(C)(C)C1=O. The van der Waals surface area contributed by atoms with Crippen LogP contribution in [0.5, 0.6) is 0 Å². The summed E-state index contributed by atoms with van der Waals surface area (Å²) in [6.45, 7) is 11.4. The molecule has 1 rings (SSSR count). The van der Waals surface area contributed by atoms with Gasteiger partial charge in [-0.05, 0) is 19.3 Å². The quantitative estimate of drug-likeness (QED) is 0.558. The van der Waals surface area contributed by atoms with E-state index >= 15 is 0 Å². The van der Waals surface area contributed by atoms with Crippen LogP contribution >= 0.6 is 0 Å². The van der Waals surface area contributed by atoms with Gasteiger partial charge in [0.15, 0.2) is 5.78 Å². The molecule has 0 spiro atoms. The van der Waals surface area contributed by atoms with Crippen LogP contribution in [0.3, 0.4) is 0 Å². The molecule has 1 fully saturated rings. The van der Waals surface area contributed by atoms with E-state index in [4.69, 9.17) is 0 Å². The zero-order valence-corrected chi connectivity index (χ0v) is 10.0. The first-order valence-electron chi connectivity index (χ1n) is 5.12. The fourth-order valence-corrected chi connectivity index (χ4v) is 2.06. The zero-order valence-electron chi connectivity index (χ0n) is 10.0. The third-order valence-electron chi connectivity index (χ3n) is 4.13. The second-order valence-corrected chi connectivity index (χ2v) is 6.06. The smallest absolute Gasteiger partial charge is 0.151 e. The monoisotopic (exact) mass is 196 g/mol. The van der Waals surface area contributed by atoms with E-state index in [1.165, 1.54) is 0 Å². The van der Waals surface area contributed by atoms with E-state index in [0.717, 1.165) is 0 Å². The molecule has 0 amide bonds. The van der Waals surface area contributed by atoms with Crippen LogP contribution in [-0.4, -0.2) is 11.6 Å². The lowest BCUT2D eigenvalue weighted by Gasteiger charge is -2.49. The maximum atomic E-state index is 12.2. The molecule has 1 saturated carbocycles. The lowest BCUT2D eigenvalue weighted by Crippen LogP contribution is -2.55. The van der Waals surface area contributed by atoms with Gasteiger partial charge >= 0.3 is 0 Å². The van der Waals surface area contributed by atoms with Crippen LogP contribution in [0.15, 0.2) is 0 Å². The first-order valence-corrected chi connectivity index (χ1v) is 5.12. The average Bonchev–Trinajstić information content (AvgIpc) is 1.99. The van der Waals surface area contributed by atoms with Gasteiger partial charge in [0.05, 0.1) is 5.41 Å². The topological polar surface area (TPSA) is 34.1 Å². The van der Waals surface area contributed by atoms with Crippen LogP contribution < -0.4 is 0 Å². The minimum atomic E-state index is -0.793. The summed E-state index contributed by atoms with van der Waals surface area (Å²) in [6.07, 6.45) is 0.499. The highest BCUT2D eigenvalue weighted by atomic mass is 16.2. The van der Waals surface area contributed by atoms with E-state index in [-0.39, 0.29) is 17.0 Å². The predicted octanol–water partition coefficient (Wildman–Crippen LogP) is 2.61. The number of Topliss-reactive ketones (excluding diaryl/α,β-unsaturated/α-hetero) is 2. The summed E-state index contributed by atoms with van der Waals surface area (Å²) in [5.41, 5.74) is -1.43. The van der Waals surface area contributed by atoms with Crippen LogP contribution in [0.1, 0.15) is 48.0 Å². The highest BCUT2D eigenvalue weighted by Gasteiger charge is 2.56. The second kappa shape index (κ2) is 2.68. The molecular weight excluding hydrogens is 176 g/mol. The molecule has 0 heterocycles. The molecule has 2 heteroatoms. The van der Waals surface area contributed by atoms with Crippen molar-refractivity contribution in [2.24, 2.45) is 16.2 Å². The third-order valence-corrected chi connectivity index (χ3v) is 4.13. The molecule has 2 nitrogen and oxygen atoms in total. The van der Waals surface area contributed by atoms with Crippen LogP contribution in [0.2, 0.25) is 0 Å². The van der Waals surface area contributed by atoms with Crippen molar-refractivity contribution in [2.75, 3.05) is 0 Å². The predicted molar refractivity (Wildman–Crippen MR) is 56.0 cm³/mol. The molecule has 1 aliphatic rings. The average molecular weight is 196 g/mol. The highest BCUT2D eigenvalue weighted by molar-refractivity contribution is 6.11. The van der Waals surface area contributed by atoms with Gasteiger partial charge in [-0.15, -0.1) is 0 Å². The number of rotatable bonds is 0. The second-order valence-electron chi connectivity index (χ2n) is 6.06. The van der Waals surface area contributed by atoms with Crippen molar-refractivity contribution in [3.63, 3.8) is 0 Å². The van der Waals surface area contributed by atoms with Crippen molar-refractivity contribution in [1.82, 2.24) is 0 Å². The molecule has 0 aromatic rings. The summed E-state index contributed by atoms with van der Waals surface area (Å²) in [5, 5.41) is 0. The van der Waals surface area contributed by atoms with Crippen molar-refractivity contribution < 1.29 is 9.59 Å². The van der Waals surface area contributed by atoms with E-state index in [1.807, 2.05) is 27.7 Å². The Morgan fingerprint density at radius 1 is 0.929 bits per heavy atom. The summed E-state index contributed by atoms with van der Waals surface area (Å²) in [6, 6.07) is 0. The Balaban J connectivity index is 3.24.